The number of methoxy groups -OCH3 is 1. The molecule has 3 aromatic rings. The monoisotopic (exact) mass is 542 g/mol. The summed E-state index contributed by atoms with van der Waals surface area (Å²) in [5.41, 5.74) is 3.02. The lowest BCUT2D eigenvalue weighted by Gasteiger charge is -2.15. The SMILES string of the molecule is CN=C(NCc1coc(-c2cccs2)n1)NCc1ccc(C)cc1OCCOC.I. The molecule has 0 fully saturated rings. The molecule has 1 aromatic carbocycles. The topological polar surface area (TPSA) is 80.9 Å². The normalized spacial score (nSPS) is 11.1. The van der Waals surface area contributed by atoms with Gasteiger partial charge in [0.25, 0.3) is 0 Å². The van der Waals surface area contributed by atoms with E-state index in [-0.39, 0.29) is 24.0 Å². The van der Waals surface area contributed by atoms with Crippen LogP contribution in [0.1, 0.15) is 16.8 Å². The predicted octanol–water partition coefficient (Wildman–Crippen LogP) is 4.22. The van der Waals surface area contributed by atoms with Crippen molar-refractivity contribution in [3.05, 3.63) is 58.8 Å². The minimum absolute atomic E-state index is 0. The molecule has 2 N–H and O–H groups in total. The largest absolute Gasteiger partial charge is 0.491 e. The van der Waals surface area contributed by atoms with Gasteiger partial charge in [-0.2, -0.15) is 0 Å². The van der Waals surface area contributed by atoms with Crippen molar-refractivity contribution in [2.45, 2.75) is 20.0 Å². The summed E-state index contributed by atoms with van der Waals surface area (Å²) in [6.45, 7) is 4.21. The summed E-state index contributed by atoms with van der Waals surface area (Å²) < 4.78 is 16.5. The summed E-state index contributed by atoms with van der Waals surface area (Å²) in [5.74, 6) is 2.16. The Morgan fingerprint density at radius 2 is 2.03 bits per heavy atom. The average molecular weight is 542 g/mol. The van der Waals surface area contributed by atoms with Gasteiger partial charge in [0.1, 0.15) is 18.6 Å². The standard InChI is InChI=1S/C21H26N4O3S.HI/c1-15-6-7-16(18(11-15)27-9-8-26-3)12-23-21(22-2)24-13-17-14-28-20(25-17)19-5-4-10-29-19;/h4-7,10-11,14H,8-9,12-13H2,1-3H3,(H2,22,23,24);1H. The Morgan fingerprint density at radius 1 is 1.20 bits per heavy atom. The summed E-state index contributed by atoms with van der Waals surface area (Å²) in [6.07, 6.45) is 1.66. The fourth-order valence-electron chi connectivity index (χ4n) is 2.65. The summed E-state index contributed by atoms with van der Waals surface area (Å²) >= 11 is 1.60. The number of hydrogen-bond acceptors (Lipinski definition) is 6. The number of halogens is 1. The van der Waals surface area contributed by atoms with E-state index >= 15 is 0 Å². The number of hydrogen-bond donors (Lipinski definition) is 2. The second-order valence-corrected chi connectivity index (χ2v) is 7.30. The quantitative estimate of drug-likeness (QED) is 0.183. The van der Waals surface area contributed by atoms with Gasteiger partial charge < -0.3 is 24.5 Å². The molecule has 0 atom stereocenters. The van der Waals surface area contributed by atoms with Crippen LogP contribution in [0.5, 0.6) is 5.75 Å². The van der Waals surface area contributed by atoms with Crippen LogP contribution in [-0.4, -0.2) is 38.3 Å². The molecular formula is C21H27IN4O3S. The number of nitrogens with one attached hydrogen (secondary N) is 2. The van der Waals surface area contributed by atoms with Gasteiger partial charge in [0.2, 0.25) is 5.89 Å². The molecule has 3 rings (SSSR count). The minimum Gasteiger partial charge on any atom is -0.491 e. The Labute approximate surface area is 197 Å². The number of guanidine groups is 1. The number of thiophene rings is 1. The molecule has 2 aromatic heterocycles. The van der Waals surface area contributed by atoms with E-state index in [0.717, 1.165) is 27.4 Å². The van der Waals surface area contributed by atoms with Crippen molar-refractivity contribution in [1.82, 2.24) is 15.6 Å². The van der Waals surface area contributed by atoms with Gasteiger partial charge >= 0.3 is 0 Å². The molecule has 30 heavy (non-hydrogen) atoms. The minimum atomic E-state index is 0. The van der Waals surface area contributed by atoms with Gasteiger partial charge in [0, 0.05) is 26.3 Å². The Bertz CT molecular complexity index is 928. The Morgan fingerprint density at radius 3 is 2.77 bits per heavy atom. The molecule has 2 heterocycles. The van der Waals surface area contributed by atoms with Crippen molar-refractivity contribution < 1.29 is 13.9 Å². The summed E-state index contributed by atoms with van der Waals surface area (Å²) in [6, 6.07) is 10.1. The molecule has 0 aliphatic heterocycles. The molecular weight excluding hydrogens is 515 g/mol. The lowest BCUT2D eigenvalue weighted by molar-refractivity contribution is 0.145. The van der Waals surface area contributed by atoms with E-state index in [1.807, 2.05) is 30.5 Å². The summed E-state index contributed by atoms with van der Waals surface area (Å²) in [4.78, 5) is 9.80. The van der Waals surface area contributed by atoms with Crippen molar-refractivity contribution >= 4 is 41.3 Å². The predicted molar refractivity (Wildman–Crippen MR) is 131 cm³/mol. The van der Waals surface area contributed by atoms with E-state index in [9.17, 15) is 0 Å². The maximum absolute atomic E-state index is 5.85. The van der Waals surface area contributed by atoms with Crippen LogP contribution in [0.15, 0.2) is 51.4 Å². The van der Waals surface area contributed by atoms with E-state index in [1.54, 1.807) is 31.8 Å². The van der Waals surface area contributed by atoms with Gasteiger partial charge in [-0.15, -0.1) is 35.3 Å². The van der Waals surface area contributed by atoms with Gasteiger partial charge in [0.05, 0.1) is 23.7 Å². The van der Waals surface area contributed by atoms with Crippen molar-refractivity contribution in [2.24, 2.45) is 4.99 Å². The molecule has 7 nitrogen and oxygen atoms in total. The molecule has 0 bridgehead atoms. The van der Waals surface area contributed by atoms with Crippen LogP contribution in [0.3, 0.4) is 0 Å². The molecule has 0 saturated carbocycles. The Hall–Kier alpha value is -2.11. The van der Waals surface area contributed by atoms with Crippen LogP contribution in [-0.2, 0) is 17.8 Å². The van der Waals surface area contributed by atoms with Gasteiger partial charge in [-0.05, 0) is 30.0 Å². The van der Waals surface area contributed by atoms with E-state index in [1.165, 1.54) is 0 Å². The molecule has 162 valence electrons. The smallest absolute Gasteiger partial charge is 0.236 e. The number of aryl methyl sites for hydroxylation is 1. The highest BCUT2D eigenvalue weighted by molar-refractivity contribution is 14.0. The molecule has 0 amide bonds. The van der Waals surface area contributed by atoms with Crippen LogP contribution in [0.4, 0.5) is 0 Å². The molecule has 9 heteroatoms. The highest BCUT2D eigenvalue weighted by Crippen LogP contribution is 2.23. The molecule has 0 unspecified atom stereocenters. The average Bonchev–Trinajstić information content (AvgIpc) is 3.41. The highest BCUT2D eigenvalue weighted by atomic mass is 127. The fraction of sp³-hybridized carbons (Fsp3) is 0.333. The maximum Gasteiger partial charge on any atom is 0.236 e. The first-order valence-electron chi connectivity index (χ1n) is 9.33. The third-order valence-electron chi connectivity index (χ3n) is 4.16. The number of ether oxygens (including phenoxy) is 2. The van der Waals surface area contributed by atoms with Crippen molar-refractivity contribution in [2.75, 3.05) is 27.4 Å². The second kappa shape index (κ2) is 12.6. The van der Waals surface area contributed by atoms with E-state index in [4.69, 9.17) is 13.9 Å². The zero-order valence-corrected chi connectivity index (χ0v) is 20.5. The Kier molecular flexibility index (Phi) is 10.1. The lowest BCUT2D eigenvalue weighted by Crippen LogP contribution is -2.36. The van der Waals surface area contributed by atoms with Crippen LogP contribution < -0.4 is 15.4 Å². The van der Waals surface area contributed by atoms with Crippen molar-refractivity contribution in [1.29, 1.82) is 0 Å². The first-order chi connectivity index (χ1) is 14.2. The fourth-order valence-corrected chi connectivity index (χ4v) is 3.31. The lowest BCUT2D eigenvalue weighted by atomic mass is 10.1. The van der Waals surface area contributed by atoms with Crippen LogP contribution in [0.2, 0.25) is 0 Å². The third kappa shape index (κ3) is 6.99. The number of oxazole rings is 1. The van der Waals surface area contributed by atoms with Crippen molar-refractivity contribution in [3.63, 3.8) is 0 Å². The third-order valence-corrected chi connectivity index (χ3v) is 5.02. The van der Waals surface area contributed by atoms with Gasteiger partial charge in [0.15, 0.2) is 5.96 Å². The zero-order chi connectivity index (χ0) is 20.5. The van der Waals surface area contributed by atoms with E-state index in [2.05, 4.69) is 32.7 Å². The number of aliphatic imine (C=N–C) groups is 1. The van der Waals surface area contributed by atoms with Crippen LogP contribution in [0.25, 0.3) is 10.8 Å². The zero-order valence-electron chi connectivity index (χ0n) is 17.3. The number of nitrogens with zero attached hydrogens (tertiary/aromatic N) is 2. The van der Waals surface area contributed by atoms with Crippen LogP contribution in [0, 0.1) is 6.92 Å². The number of aromatic nitrogens is 1. The van der Waals surface area contributed by atoms with Gasteiger partial charge in [-0.25, -0.2) is 4.98 Å². The number of benzene rings is 1. The van der Waals surface area contributed by atoms with Crippen molar-refractivity contribution in [3.8, 4) is 16.5 Å². The summed E-state index contributed by atoms with van der Waals surface area (Å²) in [7, 11) is 3.40. The molecule has 0 aliphatic carbocycles. The second-order valence-electron chi connectivity index (χ2n) is 6.35. The molecule has 0 spiro atoms. The van der Waals surface area contributed by atoms with E-state index in [0.29, 0.717) is 38.2 Å². The number of rotatable bonds is 9. The first-order valence-corrected chi connectivity index (χ1v) is 10.2. The van der Waals surface area contributed by atoms with Gasteiger partial charge in [-0.1, -0.05) is 18.2 Å². The van der Waals surface area contributed by atoms with Gasteiger partial charge in [-0.3, -0.25) is 4.99 Å². The Balaban J connectivity index is 0.00000320. The molecule has 0 radical (unpaired) electrons. The molecule has 0 saturated heterocycles. The van der Waals surface area contributed by atoms with Crippen LogP contribution >= 0.6 is 35.3 Å². The van der Waals surface area contributed by atoms with E-state index < -0.39 is 0 Å². The highest BCUT2D eigenvalue weighted by Gasteiger charge is 2.09. The maximum atomic E-state index is 5.85. The molecule has 0 aliphatic rings. The summed E-state index contributed by atoms with van der Waals surface area (Å²) in [5, 5.41) is 8.57. The first kappa shape index (κ1) is 24.2.